The van der Waals surface area contributed by atoms with E-state index in [0.29, 0.717) is 6.54 Å². The molecular formula is C17H18F3NO2. The first kappa shape index (κ1) is 17.1. The molecule has 0 aliphatic carbocycles. The van der Waals surface area contributed by atoms with Crippen molar-refractivity contribution >= 4 is 5.91 Å². The van der Waals surface area contributed by atoms with E-state index in [4.69, 9.17) is 4.42 Å². The summed E-state index contributed by atoms with van der Waals surface area (Å²) < 4.78 is 43.7. The molecule has 6 heteroatoms. The Kier molecular flexibility index (Phi) is 5.13. The number of halogens is 3. The number of nitrogens with zero attached hydrogens (tertiary/aromatic N) is 1. The van der Waals surface area contributed by atoms with Crippen LogP contribution in [0.25, 0.3) is 11.3 Å². The smallest absolute Gasteiger partial charge is 0.416 e. The molecule has 1 aromatic carbocycles. The average molecular weight is 325 g/mol. The molecule has 0 aliphatic heterocycles. The molecule has 0 saturated heterocycles. The van der Waals surface area contributed by atoms with Gasteiger partial charge in [-0.2, -0.15) is 13.2 Å². The van der Waals surface area contributed by atoms with Gasteiger partial charge in [-0.15, -0.1) is 0 Å². The van der Waals surface area contributed by atoms with Crippen molar-refractivity contribution in [1.82, 2.24) is 4.90 Å². The van der Waals surface area contributed by atoms with Crippen molar-refractivity contribution in [2.45, 2.75) is 25.9 Å². The van der Waals surface area contributed by atoms with Crippen molar-refractivity contribution in [3.8, 4) is 11.3 Å². The van der Waals surface area contributed by atoms with Crippen molar-refractivity contribution < 1.29 is 22.4 Å². The van der Waals surface area contributed by atoms with Crippen molar-refractivity contribution in [2.75, 3.05) is 13.6 Å². The molecule has 2 rings (SSSR count). The number of alkyl halides is 3. The van der Waals surface area contributed by atoms with Crippen LogP contribution in [-0.2, 0) is 6.18 Å². The highest BCUT2D eigenvalue weighted by molar-refractivity contribution is 5.91. The molecule has 3 nitrogen and oxygen atoms in total. The van der Waals surface area contributed by atoms with E-state index >= 15 is 0 Å². The van der Waals surface area contributed by atoms with E-state index in [1.807, 2.05) is 6.92 Å². The summed E-state index contributed by atoms with van der Waals surface area (Å²) in [7, 11) is 1.67. The Morgan fingerprint density at radius 3 is 2.61 bits per heavy atom. The summed E-state index contributed by atoms with van der Waals surface area (Å²) in [6.07, 6.45) is -2.57. The fourth-order valence-corrected chi connectivity index (χ4v) is 2.14. The summed E-state index contributed by atoms with van der Waals surface area (Å²) >= 11 is 0. The fraction of sp³-hybridized carbons (Fsp3) is 0.353. The molecule has 1 heterocycles. The number of hydrogen-bond donors (Lipinski definition) is 0. The van der Waals surface area contributed by atoms with Crippen LogP contribution in [0.15, 0.2) is 40.8 Å². The molecular weight excluding hydrogens is 307 g/mol. The Labute approximate surface area is 132 Å². The molecule has 0 atom stereocenters. The highest BCUT2D eigenvalue weighted by atomic mass is 19.4. The molecule has 0 fully saturated rings. The summed E-state index contributed by atoms with van der Waals surface area (Å²) in [5.41, 5.74) is -0.463. The van der Waals surface area contributed by atoms with Crippen LogP contribution in [0, 0.1) is 0 Å². The molecule has 0 aliphatic rings. The second kappa shape index (κ2) is 6.89. The highest BCUT2D eigenvalue weighted by Crippen LogP contribution is 2.32. The maximum atomic E-state index is 12.7. The first-order valence-electron chi connectivity index (χ1n) is 7.36. The van der Waals surface area contributed by atoms with Gasteiger partial charge in [-0.1, -0.05) is 25.5 Å². The lowest BCUT2D eigenvalue weighted by Gasteiger charge is -2.14. The molecule has 1 aromatic heterocycles. The van der Waals surface area contributed by atoms with Crippen LogP contribution in [0.3, 0.4) is 0 Å². The Morgan fingerprint density at radius 2 is 1.96 bits per heavy atom. The number of rotatable bonds is 5. The van der Waals surface area contributed by atoms with E-state index in [0.717, 1.165) is 25.0 Å². The molecule has 0 saturated carbocycles. The Hall–Kier alpha value is -2.24. The van der Waals surface area contributed by atoms with Gasteiger partial charge in [0.15, 0.2) is 5.76 Å². The van der Waals surface area contributed by atoms with Gasteiger partial charge in [0.1, 0.15) is 5.76 Å². The number of furan rings is 1. The maximum Gasteiger partial charge on any atom is 0.416 e. The van der Waals surface area contributed by atoms with Gasteiger partial charge >= 0.3 is 6.18 Å². The normalized spacial score (nSPS) is 11.5. The van der Waals surface area contributed by atoms with E-state index in [1.54, 1.807) is 7.05 Å². The summed E-state index contributed by atoms with van der Waals surface area (Å²) in [6.45, 7) is 2.63. The SMILES string of the molecule is CCCCN(C)C(=O)c1ccc(-c2cccc(C(F)(F)F)c2)o1. The summed E-state index contributed by atoms with van der Waals surface area (Å²) in [5, 5.41) is 0. The van der Waals surface area contributed by atoms with Gasteiger partial charge in [-0.3, -0.25) is 4.79 Å². The largest absolute Gasteiger partial charge is 0.451 e. The van der Waals surface area contributed by atoms with Crippen LogP contribution in [0.2, 0.25) is 0 Å². The predicted molar refractivity (Wildman–Crippen MR) is 81.0 cm³/mol. The molecule has 124 valence electrons. The number of benzene rings is 1. The zero-order valence-corrected chi connectivity index (χ0v) is 13.0. The molecule has 1 amide bonds. The number of carbonyl (C=O) groups is 1. The maximum absolute atomic E-state index is 12.7. The van der Waals surface area contributed by atoms with Crippen molar-refractivity contribution in [3.05, 3.63) is 47.7 Å². The van der Waals surface area contributed by atoms with Crippen molar-refractivity contribution in [1.29, 1.82) is 0 Å². The highest BCUT2D eigenvalue weighted by Gasteiger charge is 2.30. The van der Waals surface area contributed by atoms with Crippen LogP contribution in [0.1, 0.15) is 35.9 Å². The van der Waals surface area contributed by atoms with E-state index in [1.165, 1.54) is 29.2 Å². The van der Waals surface area contributed by atoms with E-state index in [9.17, 15) is 18.0 Å². The topological polar surface area (TPSA) is 33.5 Å². The summed E-state index contributed by atoms with van der Waals surface area (Å²) in [6, 6.07) is 7.83. The first-order chi connectivity index (χ1) is 10.8. The van der Waals surface area contributed by atoms with Crippen LogP contribution < -0.4 is 0 Å². The number of hydrogen-bond acceptors (Lipinski definition) is 2. The number of amides is 1. The fourth-order valence-electron chi connectivity index (χ4n) is 2.14. The summed E-state index contributed by atoms with van der Waals surface area (Å²) in [4.78, 5) is 13.7. The monoisotopic (exact) mass is 325 g/mol. The molecule has 0 unspecified atom stereocenters. The zero-order chi connectivity index (χ0) is 17.0. The van der Waals surface area contributed by atoms with Crippen LogP contribution in [0.5, 0.6) is 0 Å². The second-order valence-corrected chi connectivity index (χ2v) is 5.32. The molecule has 0 spiro atoms. The third-order valence-electron chi connectivity index (χ3n) is 3.48. The average Bonchev–Trinajstić information content (AvgIpc) is 3.01. The van der Waals surface area contributed by atoms with Gasteiger partial charge < -0.3 is 9.32 Å². The Bertz CT molecular complexity index is 676. The van der Waals surface area contributed by atoms with Crippen LogP contribution >= 0.6 is 0 Å². The first-order valence-corrected chi connectivity index (χ1v) is 7.36. The molecule has 2 aromatic rings. The minimum Gasteiger partial charge on any atom is -0.451 e. The summed E-state index contributed by atoms with van der Waals surface area (Å²) in [5.74, 6) is 0.0797. The van der Waals surface area contributed by atoms with Crippen molar-refractivity contribution in [3.63, 3.8) is 0 Å². The lowest BCUT2D eigenvalue weighted by molar-refractivity contribution is -0.137. The van der Waals surface area contributed by atoms with Crippen LogP contribution in [0.4, 0.5) is 13.2 Å². The number of unbranched alkanes of at least 4 members (excludes halogenated alkanes) is 1. The molecule has 0 N–H and O–H groups in total. The third-order valence-corrected chi connectivity index (χ3v) is 3.48. The second-order valence-electron chi connectivity index (χ2n) is 5.32. The minimum atomic E-state index is -4.42. The van der Waals surface area contributed by atoms with Crippen molar-refractivity contribution in [2.24, 2.45) is 0 Å². The van der Waals surface area contributed by atoms with E-state index in [2.05, 4.69) is 0 Å². The minimum absolute atomic E-state index is 0.121. The standard InChI is InChI=1S/C17H18F3NO2/c1-3-4-10-21(2)16(22)15-9-8-14(23-15)12-6-5-7-13(11-12)17(18,19)20/h5-9,11H,3-4,10H2,1-2H3. The molecule has 0 bridgehead atoms. The Morgan fingerprint density at radius 1 is 1.22 bits per heavy atom. The van der Waals surface area contributed by atoms with Gasteiger partial charge in [0, 0.05) is 19.2 Å². The van der Waals surface area contributed by atoms with Gasteiger partial charge in [0.25, 0.3) is 5.91 Å². The zero-order valence-electron chi connectivity index (χ0n) is 13.0. The van der Waals surface area contributed by atoms with E-state index < -0.39 is 11.7 Å². The number of carbonyl (C=O) groups excluding carboxylic acids is 1. The Balaban J connectivity index is 2.21. The predicted octanol–water partition coefficient (Wildman–Crippen LogP) is 4.84. The lowest BCUT2D eigenvalue weighted by Crippen LogP contribution is -2.27. The van der Waals surface area contributed by atoms with Crippen LogP contribution in [-0.4, -0.2) is 24.4 Å². The van der Waals surface area contributed by atoms with E-state index in [-0.39, 0.29) is 23.0 Å². The quantitative estimate of drug-likeness (QED) is 0.788. The van der Waals surface area contributed by atoms with Gasteiger partial charge in [-0.25, -0.2) is 0 Å². The third kappa shape index (κ3) is 4.15. The van der Waals surface area contributed by atoms with Gasteiger partial charge in [0.05, 0.1) is 5.56 Å². The molecule has 0 radical (unpaired) electrons. The van der Waals surface area contributed by atoms with Gasteiger partial charge in [0.2, 0.25) is 0 Å². The lowest BCUT2D eigenvalue weighted by atomic mass is 10.1. The molecule has 23 heavy (non-hydrogen) atoms. The van der Waals surface area contributed by atoms with Gasteiger partial charge in [-0.05, 0) is 30.7 Å².